The lowest BCUT2D eigenvalue weighted by atomic mass is 10.1. The average molecular weight is 467 g/mol. The van der Waals surface area contributed by atoms with Gasteiger partial charge in [-0.25, -0.2) is 4.98 Å². The highest BCUT2D eigenvalue weighted by Gasteiger charge is 2.22. The van der Waals surface area contributed by atoms with Crippen LogP contribution in [0.15, 0.2) is 50.9 Å². The normalized spacial score (nSPS) is 13.7. The Bertz CT molecular complexity index is 1340. The Morgan fingerprint density at radius 1 is 1.22 bits per heavy atom. The van der Waals surface area contributed by atoms with Gasteiger partial charge in [0.1, 0.15) is 4.83 Å². The molecule has 32 heavy (non-hydrogen) atoms. The van der Waals surface area contributed by atoms with Crippen molar-refractivity contribution in [1.82, 2.24) is 14.7 Å². The first-order valence-corrected chi connectivity index (χ1v) is 12.4. The fourth-order valence-electron chi connectivity index (χ4n) is 3.99. The van der Waals surface area contributed by atoms with Crippen LogP contribution in [0, 0.1) is 6.92 Å². The third-order valence-corrected chi connectivity index (χ3v) is 7.57. The number of aryl methyl sites for hydroxylation is 3. The van der Waals surface area contributed by atoms with E-state index >= 15 is 0 Å². The third-order valence-electron chi connectivity index (χ3n) is 5.45. The first-order valence-electron chi connectivity index (χ1n) is 10.6. The zero-order chi connectivity index (χ0) is 22.1. The molecule has 1 amide bonds. The molecule has 0 aliphatic heterocycles. The molecule has 1 N–H and O–H groups in total. The summed E-state index contributed by atoms with van der Waals surface area (Å²) in [5, 5.41) is 7.71. The van der Waals surface area contributed by atoms with Crippen molar-refractivity contribution in [3.8, 4) is 5.69 Å². The van der Waals surface area contributed by atoms with Gasteiger partial charge in [0, 0.05) is 10.9 Å². The predicted molar refractivity (Wildman–Crippen MR) is 127 cm³/mol. The molecular formula is C23H22N4O3S2. The highest BCUT2D eigenvalue weighted by molar-refractivity contribution is 7.99. The topological polar surface area (TPSA) is 90.0 Å². The number of carbonyl (C=O) groups is 1. The Hall–Kier alpha value is -2.91. The molecule has 0 bridgehead atoms. The van der Waals surface area contributed by atoms with E-state index in [-0.39, 0.29) is 17.2 Å². The van der Waals surface area contributed by atoms with Gasteiger partial charge in [-0.1, -0.05) is 41.5 Å². The van der Waals surface area contributed by atoms with E-state index in [1.165, 1.54) is 28.6 Å². The van der Waals surface area contributed by atoms with Crippen molar-refractivity contribution in [3.05, 3.63) is 62.9 Å². The molecule has 0 fully saturated rings. The van der Waals surface area contributed by atoms with E-state index in [9.17, 15) is 9.59 Å². The standard InChI is InChI=1S/C23H22N4O3S2/c1-14-12-19(30-26-14)24-18(28)13-31-23-25-21-20(16-10-6-3-7-11-17(16)32-21)22(29)27(23)15-8-4-2-5-9-15/h2,4-5,8-9,12H,3,6-7,10-11,13H2,1H3,(H,24,28). The van der Waals surface area contributed by atoms with E-state index in [1.54, 1.807) is 28.9 Å². The van der Waals surface area contributed by atoms with E-state index in [0.717, 1.165) is 41.6 Å². The number of anilines is 1. The zero-order valence-electron chi connectivity index (χ0n) is 17.6. The van der Waals surface area contributed by atoms with Crippen LogP contribution in [-0.4, -0.2) is 26.4 Å². The average Bonchev–Trinajstić information content (AvgIpc) is 3.27. The number of hydrogen-bond donors (Lipinski definition) is 1. The van der Waals surface area contributed by atoms with Crippen molar-refractivity contribution in [3.63, 3.8) is 0 Å². The molecule has 3 aromatic heterocycles. The summed E-state index contributed by atoms with van der Waals surface area (Å²) in [4.78, 5) is 33.1. The fourth-order valence-corrected chi connectivity index (χ4v) is 6.11. The summed E-state index contributed by atoms with van der Waals surface area (Å²) in [5.74, 6) is 0.149. The monoisotopic (exact) mass is 466 g/mol. The molecule has 0 unspecified atom stereocenters. The van der Waals surface area contributed by atoms with Crippen LogP contribution in [0.25, 0.3) is 15.9 Å². The Labute approximate surface area is 192 Å². The Kier molecular flexibility index (Phi) is 5.84. The summed E-state index contributed by atoms with van der Waals surface area (Å²) in [6.45, 7) is 1.79. The van der Waals surface area contributed by atoms with Crippen LogP contribution in [-0.2, 0) is 17.6 Å². The van der Waals surface area contributed by atoms with Crippen molar-refractivity contribution >= 4 is 45.1 Å². The number of fused-ring (bicyclic) bond motifs is 3. The fraction of sp³-hybridized carbons (Fsp3) is 0.304. The SMILES string of the molecule is Cc1cc(NC(=O)CSc2nc3sc4c(c3c(=O)n2-c2ccccc2)CCCCC4)on1. The van der Waals surface area contributed by atoms with Crippen LogP contribution in [0.4, 0.5) is 5.88 Å². The summed E-state index contributed by atoms with van der Waals surface area (Å²) in [5.41, 5.74) is 2.54. The van der Waals surface area contributed by atoms with Gasteiger partial charge in [-0.05, 0) is 50.3 Å². The van der Waals surface area contributed by atoms with E-state index < -0.39 is 0 Å². The minimum Gasteiger partial charge on any atom is -0.338 e. The maximum Gasteiger partial charge on any atom is 0.267 e. The van der Waals surface area contributed by atoms with Gasteiger partial charge in [-0.2, -0.15) is 0 Å². The second-order valence-electron chi connectivity index (χ2n) is 7.78. The number of thioether (sulfide) groups is 1. The minimum absolute atomic E-state index is 0.0608. The summed E-state index contributed by atoms with van der Waals surface area (Å²) >= 11 is 2.86. The van der Waals surface area contributed by atoms with Crippen molar-refractivity contribution < 1.29 is 9.32 Å². The molecule has 9 heteroatoms. The van der Waals surface area contributed by atoms with Gasteiger partial charge in [0.2, 0.25) is 11.8 Å². The van der Waals surface area contributed by atoms with Gasteiger partial charge in [-0.3, -0.25) is 19.5 Å². The summed E-state index contributed by atoms with van der Waals surface area (Å²) in [6.07, 6.45) is 5.36. The number of carbonyl (C=O) groups excluding carboxylic acids is 1. The molecule has 0 radical (unpaired) electrons. The molecule has 5 rings (SSSR count). The largest absolute Gasteiger partial charge is 0.338 e. The molecule has 164 valence electrons. The summed E-state index contributed by atoms with van der Waals surface area (Å²) < 4.78 is 6.69. The molecule has 1 aliphatic carbocycles. The minimum atomic E-state index is -0.248. The number of para-hydroxylation sites is 1. The maximum absolute atomic E-state index is 13.7. The second-order valence-corrected chi connectivity index (χ2v) is 9.81. The molecule has 7 nitrogen and oxygen atoms in total. The predicted octanol–water partition coefficient (Wildman–Crippen LogP) is 4.74. The number of benzene rings is 1. The van der Waals surface area contributed by atoms with Gasteiger partial charge < -0.3 is 4.52 Å². The van der Waals surface area contributed by atoms with E-state index in [2.05, 4.69) is 10.5 Å². The molecule has 0 spiro atoms. The van der Waals surface area contributed by atoms with E-state index in [1.807, 2.05) is 30.3 Å². The third kappa shape index (κ3) is 4.10. The van der Waals surface area contributed by atoms with Crippen LogP contribution in [0.2, 0.25) is 0 Å². The van der Waals surface area contributed by atoms with Crippen LogP contribution in [0.3, 0.4) is 0 Å². The van der Waals surface area contributed by atoms with Crippen LogP contribution in [0.1, 0.15) is 35.4 Å². The number of thiophene rings is 1. The molecule has 4 aromatic rings. The Morgan fingerprint density at radius 3 is 2.81 bits per heavy atom. The van der Waals surface area contributed by atoms with E-state index in [4.69, 9.17) is 9.51 Å². The number of amides is 1. The first kappa shape index (κ1) is 21.0. The van der Waals surface area contributed by atoms with Gasteiger partial charge >= 0.3 is 0 Å². The lowest BCUT2D eigenvalue weighted by Crippen LogP contribution is -2.23. The van der Waals surface area contributed by atoms with Crippen LogP contribution >= 0.6 is 23.1 Å². The lowest BCUT2D eigenvalue weighted by Gasteiger charge is -2.12. The number of hydrogen-bond acceptors (Lipinski definition) is 7. The van der Waals surface area contributed by atoms with Gasteiger partial charge in [0.05, 0.1) is 22.5 Å². The van der Waals surface area contributed by atoms with Gasteiger partial charge in [0.25, 0.3) is 5.56 Å². The maximum atomic E-state index is 13.7. The molecule has 0 atom stereocenters. The van der Waals surface area contributed by atoms with Gasteiger partial charge in [0.15, 0.2) is 5.16 Å². The molecule has 3 heterocycles. The molecule has 0 saturated carbocycles. The lowest BCUT2D eigenvalue weighted by molar-refractivity contribution is -0.113. The second kappa shape index (κ2) is 8.91. The van der Waals surface area contributed by atoms with Crippen molar-refractivity contribution in [2.75, 3.05) is 11.1 Å². The van der Waals surface area contributed by atoms with E-state index in [0.29, 0.717) is 16.7 Å². The number of aromatic nitrogens is 3. The summed E-state index contributed by atoms with van der Waals surface area (Å²) in [7, 11) is 0. The highest BCUT2D eigenvalue weighted by atomic mass is 32.2. The number of nitrogens with zero attached hydrogens (tertiary/aromatic N) is 3. The van der Waals surface area contributed by atoms with Crippen LogP contribution in [0.5, 0.6) is 0 Å². The number of rotatable bonds is 5. The Morgan fingerprint density at radius 2 is 2.03 bits per heavy atom. The van der Waals surface area contributed by atoms with Crippen molar-refractivity contribution in [2.45, 2.75) is 44.2 Å². The van der Waals surface area contributed by atoms with Crippen molar-refractivity contribution in [2.24, 2.45) is 0 Å². The zero-order valence-corrected chi connectivity index (χ0v) is 19.2. The highest BCUT2D eigenvalue weighted by Crippen LogP contribution is 2.34. The quantitative estimate of drug-likeness (QED) is 0.259. The van der Waals surface area contributed by atoms with Gasteiger partial charge in [-0.15, -0.1) is 11.3 Å². The first-order chi connectivity index (χ1) is 15.6. The van der Waals surface area contributed by atoms with Crippen LogP contribution < -0.4 is 10.9 Å². The molecule has 1 aromatic carbocycles. The summed E-state index contributed by atoms with van der Waals surface area (Å²) in [6, 6.07) is 11.1. The molecular weight excluding hydrogens is 444 g/mol. The smallest absolute Gasteiger partial charge is 0.267 e. The number of nitrogens with one attached hydrogen (secondary N) is 1. The molecule has 1 aliphatic rings. The molecule has 0 saturated heterocycles. The Balaban J connectivity index is 1.53. The van der Waals surface area contributed by atoms with Crippen molar-refractivity contribution in [1.29, 1.82) is 0 Å².